The van der Waals surface area contributed by atoms with Gasteiger partial charge in [-0.05, 0) is 12.1 Å². The summed E-state index contributed by atoms with van der Waals surface area (Å²) in [7, 11) is 0. The number of nitrogens with zero attached hydrogens (tertiary/aromatic N) is 2. The third-order valence-electron chi connectivity index (χ3n) is 3.02. The zero-order valence-corrected chi connectivity index (χ0v) is 9.84. The van der Waals surface area contributed by atoms with Crippen LogP contribution in [0.15, 0.2) is 42.4 Å². The molecule has 0 amide bonds. The molecule has 3 N–H and O–H groups in total. The summed E-state index contributed by atoms with van der Waals surface area (Å²) in [6.07, 6.45) is 6.34. The van der Waals surface area contributed by atoms with Crippen molar-refractivity contribution in [1.29, 1.82) is 0 Å². The normalized spacial score (nSPS) is 16.4. The third-order valence-corrected chi connectivity index (χ3v) is 3.02. The molecule has 0 saturated heterocycles. The van der Waals surface area contributed by atoms with Crippen molar-refractivity contribution in [2.75, 3.05) is 6.61 Å². The molecular weight excluding hydrogens is 228 g/mol. The summed E-state index contributed by atoms with van der Waals surface area (Å²) in [6.45, 7) is 0.712. The number of rotatable bonds is 3. The van der Waals surface area contributed by atoms with Crippen LogP contribution in [0.4, 0.5) is 0 Å². The lowest BCUT2D eigenvalue weighted by atomic mass is 10.0. The van der Waals surface area contributed by atoms with Crippen molar-refractivity contribution in [2.24, 2.45) is 5.84 Å². The number of hydrogen-bond donors (Lipinski definition) is 2. The molecule has 0 fully saturated rings. The smallest absolute Gasteiger partial charge is 0.115 e. The van der Waals surface area contributed by atoms with Gasteiger partial charge in [0.1, 0.15) is 11.8 Å². The summed E-state index contributed by atoms with van der Waals surface area (Å²) in [4.78, 5) is 8.67. The average Bonchev–Trinajstić information content (AvgIpc) is 2.94. The van der Waals surface area contributed by atoms with E-state index in [0.29, 0.717) is 6.61 Å². The molecule has 3 rings (SSSR count). The molecule has 0 saturated carbocycles. The van der Waals surface area contributed by atoms with Crippen molar-refractivity contribution < 1.29 is 4.74 Å². The lowest BCUT2D eigenvalue weighted by Crippen LogP contribution is -2.30. The zero-order chi connectivity index (χ0) is 12.4. The molecule has 5 nitrogen and oxygen atoms in total. The summed E-state index contributed by atoms with van der Waals surface area (Å²) in [5.41, 5.74) is 5.48. The van der Waals surface area contributed by atoms with Crippen LogP contribution in [-0.4, -0.2) is 16.6 Å². The Morgan fingerprint density at radius 2 is 2.17 bits per heavy atom. The van der Waals surface area contributed by atoms with E-state index in [0.717, 1.165) is 28.8 Å². The van der Waals surface area contributed by atoms with Gasteiger partial charge in [-0.2, -0.15) is 0 Å². The first-order valence-electron chi connectivity index (χ1n) is 5.89. The van der Waals surface area contributed by atoms with Crippen LogP contribution in [0.3, 0.4) is 0 Å². The predicted octanol–water partition coefficient (Wildman–Crippen LogP) is 1.44. The maximum atomic E-state index is 5.66. The van der Waals surface area contributed by atoms with E-state index >= 15 is 0 Å². The second-order valence-corrected chi connectivity index (χ2v) is 4.11. The minimum Gasteiger partial charge on any atom is -0.496 e. The molecule has 0 bridgehead atoms. The van der Waals surface area contributed by atoms with Crippen LogP contribution >= 0.6 is 0 Å². The van der Waals surface area contributed by atoms with Crippen LogP contribution in [0.2, 0.25) is 0 Å². The minimum atomic E-state index is -0.173. The van der Waals surface area contributed by atoms with E-state index in [-0.39, 0.29) is 6.04 Å². The number of aromatic nitrogens is 2. The SMILES string of the molecule is NNC(C1=CCCO1)c1cccc2nccnc12. The molecule has 92 valence electrons. The van der Waals surface area contributed by atoms with Crippen LogP contribution in [-0.2, 0) is 4.74 Å². The standard InChI is InChI=1S/C13H14N4O/c14-17-13(11-5-2-8-18-11)9-3-1-4-10-12(9)16-7-6-15-10/h1,3-7,13,17H,2,8,14H2. The van der Waals surface area contributed by atoms with Crippen LogP contribution in [0.25, 0.3) is 11.0 Å². The van der Waals surface area contributed by atoms with Gasteiger partial charge in [0.05, 0.1) is 17.6 Å². The number of nitrogens with two attached hydrogens (primary N) is 1. The summed E-state index contributed by atoms with van der Waals surface area (Å²) < 4.78 is 5.58. The highest BCUT2D eigenvalue weighted by atomic mass is 16.5. The molecule has 1 unspecified atom stereocenters. The Hall–Kier alpha value is -1.98. The van der Waals surface area contributed by atoms with Crippen molar-refractivity contribution in [1.82, 2.24) is 15.4 Å². The zero-order valence-electron chi connectivity index (χ0n) is 9.84. The van der Waals surface area contributed by atoms with Gasteiger partial charge in [-0.15, -0.1) is 0 Å². The fraction of sp³-hybridized carbons (Fsp3) is 0.231. The second kappa shape index (κ2) is 4.72. The number of hydrogen-bond acceptors (Lipinski definition) is 5. The average molecular weight is 242 g/mol. The van der Waals surface area contributed by atoms with Crippen LogP contribution in [0.1, 0.15) is 18.0 Å². The number of ether oxygens (including phenoxy) is 1. The number of fused-ring (bicyclic) bond motifs is 1. The second-order valence-electron chi connectivity index (χ2n) is 4.11. The molecule has 1 aliphatic rings. The first-order valence-corrected chi connectivity index (χ1v) is 5.89. The largest absolute Gasteiger partial charge is 0.496 e. The predicted molar refractivity (Wildman–Crippen MR) is 68.3 cm³/mol. The first kappa shape index (κ1) is 11.1. The topological polar surface area (TPSA) is 73.1 Å². The highest BCUT2D eigenvalue weighted by Gasteiger charge is 2.21. The Balaban J connectivity index is 2.12. The van der Waals surface area contributed by atoms with Gasteiger partial charge in [-0.1, -0.05) is 12.1 Å². The van der Waals surface area contributed by atoms with Crippen molar-refractivity contribution in [3.8, 4) is 0 Å². The molecular formula is C13H14N4O. The van der Waals surface area contributed by atoms with Gasteiger partial charge in [0.15, 0.2) is 0 Å². The lowest BCUT2D eigenvalue weighted by Gasteiger charge is -2.18. The van der Waals surface area contributed by atoms with E-state index in [1.807, 2.05) is 18.2 Å². The number of nitrogens with one attached hydrogen (secondary N) is 1. The van der Waals surface area contributed by atoms with Gasteiger partial charge >= 0.3 is 0 Å². The number of hydrazine groups is 1. The molecule has 0 radical (unpaired) electrons. The van der Waals surface area contributed by atoms with Crippen molar-refractivity contribution in [3.63, 3.8) is 0 Å². The van der Waals surface area contributed by atoms with E-state index in [2.05, 4.69) is 21.5 Å². The molecule has 18 heavy (non-hydrogen) atoms. The summed E-state index contributed by atoms with van der Waals surface area (Å²) in [6, 6.07) is 5.70. The Morgan fingerprint density at radius 1 is 1.28 bits per heavy atom. The highest BCUT2D eigenvalue weighted by molar-refractivity contribution is 5.78. The molecule has 1 aromatic heterocycles. The minimum absolute atomic E-state index is 0.173. The van der Waals surface area contributed by atoms with Gasteiger partial charge in [-0.3, -0.25) is 15.8 Å². The molecule has 2 heterocycles. The quantitative estimate of drug-likeness (QED) is 0.629. The lowest BCUT2D eigenvalue weighted by molar-refractivity contribution is 0.216. The Bertz CT molecular complexity index is 591. The van der Waals surface area contributed by atoms with E-state index in [4.69, 9.17) is 10.6 Å². The van der Waals surface area contributed by atoms with E-state index < -0.39 is 0 Å². The summed E-state index contributed by atoms with van der Waals surface area (Å²) >= 11 is 0. The maximum Gasteiger partial charge on any atom is 0.115 e. The van der Waals surface area contributed by atoms with Gasteiger partial charge in [-0.25, -0.2) is 5.43 Å². The van der Waals surface area contributed by atoms with Crippen molar-refractivity contribution in [2.45, 2.75) is 12.5 Å². The van der Waals surface area contributed by atoms with E-state index in [9.17, 15) is 0 Å². The van der Waals surface area contributed by atoms with Crippen LogP contribution in [0.5, 0.6) is 0 Å². The molecule has 5 heteroatoms. The fourth-order valence-electron chi connectivity index (χ4n) is 2.21. The van der Waals surface area contributed by atoms with E-state index in [1.165, 1.54) is 0 Å². The number of para-hydroxylation sites is 1. The highest BCUT2D eigenvalue weighted by Crippen LogP contribution is 2.29. The van der Waals surface area contributed by atoms with Crippen LogP contribution in [0, 0.1) is 0 Å². The third kappa shape index (κ3) is 1.83. The van der Waals surface area contributed by atoms with Gasteiger partial charge in [0.25, 0.3) is 0 Å². The molecule has 1 aromatic carbocycles. The molecule has 2 aromatic rings. The van der Waals surface area contributed by atoms with Crippen molar-refractivity contribution >= 4 is 11.0 Å². The van der Waals surface area contributed by atoms with Gasteiger partial charge < -0.3 is 4.74 Å². The summed E-state index contributed by atoms with van der Waals surface area (Å²) in [5.74, 6) is 6.51. The molecule has 1 atom stereocenters. The first-order chi connectivity index (χ1) is 8.90. The van der Waals surface area contributed by atoms with E-state index in [1.54, 1.807) is 12.4 Å². The Morgan fingerprint density at radius 3 is 2.94 bits per heavy atom. The molecule has 0 aliphatic carbocycles. The monoisotopic (exact) mass is 242 g/mol. The van der Waals surface area contributed by atoms with Crippen molar-refractivity contribution in [3.05, 3.63) is 48.0 Å². The van der Waals surface area contributed by atoms with Crippen LogP contribution < -0.4 is 11.3 Å². The Labute approximate surface area is 105 Å². The fourth-order valence-corrected chi connectivity index (χ4v) is 2.21. The molecule has 0 spiro atoms. The molecule has 1 aliphatic heterocycles. The van der Waals surface area contributed by atoms with Gasteiger partial charge in [0.2, 0.25) is 0 Å². The van der Waals surface area contributed by atoms with Gasteiger partial charge in [0, 0.05) is 24.4 Å². The maximum absolute atomic E-state index is 5.66. The Kier molecular flexibility index (Phi) is 2.92. The summed E-state index contributed by atoms with van der Waals surface area (Å²) in [5, 5.41) is 0. The number of benzene rings is 1.